The molecule has 3 aromatic heterocycles. The number of nitrogens with zero attached hydrogens (tertiary/aromatic N) is 2. The number of rotatable bonds is 6. The van der Waals surface area contributed by atoms with Crippen LogP contribution in [-0.2, 0) is 38.1 Å². The number of aromatic nitrogens is 4. The van der Waals surface area contributed by atoms with E-state index in [1.807, 2.05) is 0 Å². The van der Waals surface area contributed by atoms with Gasteiger partial charge in [0, 0.05) is 68.0 Å². The van der Waals surface area contributed by atoms with Crippen LogP contribution in [0.2, 0.25) is 0 Å². The number of H-pyrrole nitrogens is 2. The van der Waals surface area contributed by atoms with Gasteiger partial charge < -0.3 is 28.9 Å². The fourth-order valence-electron chi connectivity index (χ4n) is 16.5. The maximum Gasteiger partial charge on any atom is 0.310 e. The van der Waals surface area contributed by atoms with Crippen LogP contribution in [0.15, 0.2) is 24.3 Å². The fourth-order valence-corrected chi connectivity index (χ4v) is 16.5. The highest BCUT2D eigenvalue weighted by Gasteiger charge is 2.68. The van der Waals surface area contributed by atoms with Gasteiger partial charge in [0.15, 0.2) is 0 Å². The number of fused-ring (bicyclic) bond motifs is 16. The van der Waals surface area contributed by atoms with Gasteiger partial charge in [0.05, 0.1) is 59.7 Å². The van der Waals surface area contributed by atoms with Crippen LogP contribution < -0.4 is 0 Å². The summed E-state index contributed by atoms with van der Waals surface area (Å²) < 4.78 is 25.7. The zero-order chi connectivity index (χ0) is 60.7. The molecule has 12 bridgehead atoms. The average molecular weight is 1180 g/mol. The molecule has 11 rings (SSSR count). The van der Waals surface area contributed by atoms with E-state index in [1.165, 1.54) is 12.8 Å². The van der Waals surface area contributed by atoms with Crippen LogP contribution in [0.3, 0.4) is 0 Å². The molecule has 4 aliphatic carbocycles. The number of cyclic esters (lactones) is 4. The SMILES string of the molecule is CCCCC1CCCCCCCCCCOC(=O)[C@@H]2[C@H](c3c4nc(c5c6ccc([nH]6)c(c6ccc([nH]6)c(c6nc3C=C6)[C@H]3[C@@H](C(=O)O1)C3(C)C)[C@H]1[C@@H](C(=O)OC(CCCC)CCCCCCCCCCOC(=O)[C@@H]3[C@H]5C3(C)C)C1(C)C)C=C4)C2(C)C. The molecule has 0 aromatic carbocycles. The second-order valence-corrected chi connectivity index (χ2v) is 29.7. The summed E-state index contributed by atoms with van der Waals surface area (Å²) in [6, 6.07) is 8.57. The van der Waals surface area contributed by atoms with Crippen molar-refractivity contribution in [1.29, 1.82) is 0 Å². The molecule has 4 saturated carbocycles. The predicted molar refractivity (Wildman–Crippen MR) is 343 cm³/mol. The summed E-state index contributed by atoms with van der Waals surface area (Å²) in [4.78, 5) is 78.1. The highest BCUT2D eigenvalue weighted by Crippen LogP contribution is 2.70. The van der Waals surface area contributed by atoms with Gasteiger partial charge in [-0.1, -0.05) is 172 Å². The Hall–Kier alpha value is -5.52. The number of unbranched alkanes of at least 4 members (excludes halogenated alkanes) is 2. The Morgan fingerprint density at radius 3 is 1.03 bits per heavy atom. The average Bonchev–Trinajstić information content (AvgIpc) is 1.59. The number of carbonyl (C=O) groups is 4. The first-order valence-corrected chi connectivity index (χ1v) is 34.2. The smallest absolute Gasteiger partial charge is 0.310 e. The van der Waals surface area contributed by atoms with Crippen LogP contribution in [0.25, 0.3) is 46.4 Å². The van der Waals surface area contributed by atoms with Crippen molar-refractivity contribution in [3.63, 3.8) is 0 Å². The van der Waals surface area contributed by atoms with Gasteiger partial charge in [-0.2, -0.15) is 0 Å². The molecule has 12 heteroatoms. The second kappa shape index (κ2) is 25.5. The first kappa shape index (κ1) is 62.1. The molecule has 0 saturated heterocycles. The van der Waals surface area contributed by atoms with E-state index < -0.39 is 45.3 Å². The van der Waals surface area contributed by atoms with Crippen molar-refractivity contribution in [1.82, 2.24) is 19.9 Å². The predicted octanol–water partition coefficient (Wildman–Crippen LogP) is 18.0. The molecule has 0 spiro atoms. The summed E-state index contributed by atoms with van der Waals surface area (Å²) in [7, 11) is 0. The molecule has 86 heavy (non-hydrogen) atoms. The van der Waals surface area contributed by atoms with Gasteiger partial charge in [0.25, 0.3) is 0 Å². The van der Waals surface area contributed by atoms with E-state index >= 15 is 0 Å². The monoisotopic (exact) mass is 1170 g/mol. The Morgan fingerprint density at radius 2 is 0.674 bits per heavy atom. The normalized spacial score (nSPS) is 30.3. The van der Waals surface area contributed by atoms with Crippen molar-refractivity contribution >= 4 is 70.2 Å². The van der Waals surface area contributed by atoms with Crippen molar-refractivity contribution in [2.24, 2.45) is 45.3 Å². The van der Waals surface area contributed by atoms with Crippen LogP contribution in [0.4, 0.5) is 0 Å². The lowest BCUT2D eigenvalue weighted by Gasteiger charge is -2.18. The Bertz CT molecular complexity index is 3240. The first-order valence-electron chi connectivity index (χ1n) is 34.2. The number of nitrogens with one attached hydrogen (secondary N) is 2. The number of ether oxygens (including phenoxy) is 4. The molecule has 10 atom stereocenters. The van der Waals surface area contributed by atoms with Gasteiger partial charge >= 0.3 is 23.9 Å². The molecule has 2 unspecified atom stereocenters. The molecule has 466 valence electrons. The highest BCUT2D eigenvalue weighted by molar-refractivity contribution is 5.91. The standard InChI is InChI=1S/C74H102N4O8/c1-11-13-31-45-33-27-23-19-15-17-21-25-29-43-83-67(79)63-59(71(63,3)4)55-47-35-36-48(75-47)56-50-38-40-52(77-50)58(54-42-41-53(78-54)57(51-39-37-49(55)76-51)61-65(69(81)85-45)73(61,7)8)62-66(74(62,9)10)70(82)86-46(32-14-12-2)34-28-24-20-16-18-22-26-30-44-84-68(80)64-60(56)72(64,5)6/h35-42,45-46,59-66,76,78H,11-34,43-44H2,1-10H3/t45?,46?,59-,60-,61-,62-,63-,64-,65-,66-/m0/s1. The van der Waals surface area contributed by atoms with Gasteiger partial charge in [-0.05, 0) is 122 Å². The van der Waals surface area contributed by atoms with Crippen molar-refractivity contribution < 1.29 is 38.1 Å². The quantitative estimate of drug-likeness (QED) is 0.124. The van der Waals surface area contributed by atoms with Crippen LogP contribution in [0.5, 0.6) is 0 Å². The Kier molecular flexibility index (Phi) is 18.4. The minimum Gasteiger partial charge on any atom is -0.465 e. The number of aromatic amines is 2. The van der Waals surface area contributed by atoms with E-state index in [4.69, 9.17) is 28.9 Å². The van der Waals surface area contributed by atoms with Gasteiger partial charge in [-0.3, -0.25) is 19.2 Å². The summed E-state index contributed by atoms with van der Waals surface area (Å²) in [5.74, 6) is -3.21. The van der Waals surface area contributed by atoms with Crippen molar-refractivity contribution in [3.05, 3.63) is 69.3 Å². The Balaban J connectivity index is 1.13. The molecule has 3 aromatic rings. The van der Waals surface area contributed by atoms with Gasteiger partial charge in [0.2, 0.25) is 0 Å². The van der Waals surface area contributed by atoms with E-state index in [1.54, 1.807) is 0 Å². The van der Waals surface area contributed by atoms with Gasteiger partial charge in [0.1, 0.15) is 12.2 Å². The molecular formula is C74H102N4O8. The molecule has 7 heterocycles. The number of carbonyl (C=O) groups excluding carboxylic acids is 4. The molecule has 4 aliphatic heterocycles. The van der Waals surface area contributed by atoms with Crippen molar-refractivity contribution in [3.8, 4) is 0 Å². The van der Waals surface area contributed by atoms with Crippen molar-refractivity contribution in [2.75, 3.05) is 13.2 Å². The molecule has 12 nitrogen and oxygen atoms in total. The molecule has 8 aliphatic rings. The molecule has 0 radical (unpaired) electrons. The minimum atomic E-state index is -0.466. The zero-order valence-electron chi connectivity index (χ0n) is 53.9. The van der Waals surface area contributed by atoms with Gasteiger partial charge in [-0.25, -0.2) is 9.97 Å². The number of esters is 4. The minimum absolute atomic E-state index is 0.127. The molecule has 0 amide bonds. The summed E-state index contributed by atoms with van der Waals surface area (Å²) in [6.07, 6.45) is 32.8. The number of hydrogen-bond donors (Lipinski definition) is 2. The third-order valence-corrected chi connectivity index (χ3v) is 22.1. The van der Waals surface area contributed by atoms with E-state index in [2.05, 4.69) is 128 Å². The van der Waals surface area contributed by atoms with E-state index in [9.17, 15) is 19.2 Å². The third-order valence-electron chi connectivity index (χ3n) is 22.1. The molecule has 4 fully saturated rings. The van der Waals surface area contributed by atoms with Crippen LogP contribution >= 0.6 is 0 Å². The summed E-state index contributed by atoms with van der Waals surface area (Å²) in [6.45, 7) is 22.7. The molecular weight excluding hydrogens is 1070 g/mol. The third kappa shape index (κ3) is 12.5. The lowest BCUT2D eigenvalue weighted by atomic mass is 10.00. The lowest BCUT2D eigenvalue weighted by molar-refractivity contribution is -0.153. The largest absolute Gasteiger partial charge is 0.465 e. The maximum absolute atomic E-state index is 15.0. The highest BCUT2D eigenvalue weighted by atomic mass is 16.6. The summed E-state index contributed by atoms with van der Waals surface area (Å²) in [5.41, 5.74) is 8.31. The van der Waals surface area contributed by atoms with Crippen LogP contribution in [-0.4, -0.2) is 69.2 Å². The van der Waals surface area contributed by atoms with E-state index in [0.717, 1.165) is 208 Å². The molecule has 2 N–H and O–H groups in total. The lowest BCUT2D eigenvalue weighted by Crippen LogP contribution is -2.21. The van der Waals surface area contributed by atoms with Crippen LogP contribution in [0, 0.1) is 45.3 Å². The van der Waals surface area contributed by atoms with Crippen molar-refractivity contribution in [2.45, 2.75) is 259 Å². The summed E-state index contributed by atoms with van der Waals surface area (Å²) in [5, 5.41) is 0. The topological polar surface area (TPSA) is 163 Å². The van der Waals surface area contributed by atoms with Gasteiger partial charge in [-0.15, -0.1) is 0 Å². The zero-order valence-corrected chi connectivity index (χ0v) is 53.9. The fraction of sp³-hybridized carbons (Fsp3) is 0.676. The van der Waals surface area contributed by atoms with Crippen LogP contribution in [0.1, 0.15) is 292 Å². The Labute approximate surface area is 513 Å². The van der Waals surface area contributed by atoms with E-state index in [-0.39, 0.29) is 59.8 Å². The first-order chi connectivity index (χ1) is 41.3. The Morgan fingerprint density at radius 1 is 0.384 bits per heavy atom. The van der Waals surface area contributed by atoms with E-state index in [0.29, 0.717) is 13.2 Å². The second-order valence-electron chi connectivity index (χ2n) is 29.7. The maximum atomic E-state index is 15.0. The summed E-state index contributed by atoms with van der Waals surface area (Å²) >= 11 is 0. The number of hydrogen-bond acceptors (Lipinski definition) is 10.